The van der Waals surface area contributed by atoms with E-state index in [1.165, 1.54) is 12.8 Å². The Kier molecular flexibility index (Phi) is 7.92. The van der Waals surface area contributed by atoms with Crippen molar-refractivity contribution in [2.45, 2.75) is 31.4 Å². The molecule has 78 valence electrons. The van der Waals surface area contributed by atoms with Crippen LogP contribution in [0.5, 0.6) is 0 Å². The molecule has 0 aliphatic heterocycles. The van der Waals surface area contributed by atoms with Gasteiger partial charge in [0.2, 0.25) is 0 Å². The van der Waals surface area contributed by atoms with Crippen LogP contribution < -0.4 is 5.32 Å². The lowest BCUT2D eigenvalue weighted by Gasteiger charge is -2.29. The second kappa shape index (κ2) is 7.72. The molecule has 0 amide bonds. The van der Waals surface area contributed by atoms with Gasteiger partial charge in [-0.1, -0.05) is 31.5 Å². The molecule has 0 aliphatic rings. The quantitative estimate of drug-likeness (QED) is 0.663. The third-order valence-corrected chi connectivity index (χ3v) is 4.29. The van der Waals surface area contributed by atoms with Crippen LogP contribution in [0, 0.1) is 0 Å². The monoisotopic (exact) mass is 221 g/mol. The molecule has 0 bridgehead atoms. The molecule has 1 nitrogen and oxygen atoms in total. The lowest BCUT2D eigenvalue weighted by Crippen LogP contribution is -2.36. The van der Waals surface area contributed by atoms with Crippen LogP contribution in [-0.4, -0.2) is 24.1 Å². The van der Waals surface area contributed by atoms with Gasteiger partial charge in [0, 0.05) is 23.4 Å². The first-order chi connectivity index (χ1) is 6.24. The maximum Gasteiger partial charge on any atom is 0.0276 e. The van der Waals surface area contributed by atoms with Crippen molar-refractivity contribution < 1.29 is 0 Å². The highest BCUT2D eigenvalue weighted by molar-refractivity contribution is 8.00. The molecule has 0 unspecified atom stereocenters. The second-order valence-corrected chi connectivity index (χ2v) is 4.61. The highest BCUT2D eigenvalue weighted by Gasteiger charge is 2.23. The van der Waals surface area contributed by atoms with Crippen LogP contribution in [0.2, 0.25) is 0 Å². The molecule has 0 heterocycles. The minimum absolute atomic E-state index is 0.403. The Morgan fingerprint density at radius 3 is 2.38 bits per heavy atom. The van der Waals surface area contributed by atoms with Crippen molar-refractivity contribution in [1.82, 2.24) is 5.32 Å². The number of hydrogen-bond acceptors (Lipinski definition) is 2. The molecule has 0 spiro atoms. The van der Waals surface area contributed by atoms with Gasteiger partial charge in [-0.2, -0.15) is 11.8 Å². The zero-order chi connectivity index (χ0) is 10.2. The Labute approximate surface area is 91.3 Å². The Morgan fingerprint density at radius 2 is 2.00 bits per heavy atom. The molecule has 0 saturated carbocycles. The van der Waals surface area contributed by atoms with Crippen molar-refractivity contribution in [2.24, 2.45) is 0 Å². The minimum atomic E-state index is 0.403. The maximum atomic E-state index is 5.43. The topological polar surface area (TPSA) is 12.0 Å². The zero-order valence-corrected chi connectivity index (χ0v) is 10.3. The van der Waals surface area contributed by atoms with E-state index in [1.54, 1.807) is 5.54 Å². The van der Waals surface area contributed by atoms with Crippen molar-refractivity contribution in [3.8, 4) is 0 Å². The molecular formula is C10H20ClNS. The Morgan fingerprint density at radius 1 is 1.38 bits per heavy atom. The van der Waals surface area contributed by atoms with Crippen LogP contribution in [0.3, 0.4) is 0 Å². The van der Waals surface area contributed by atoms with E-state index in [-0.39, 0.29) is 0 Å². The number of halogens is 1. The van der Waals surface area contributed by atoms with Crippen LogP contribution >= 0.6 is 23.4 Å². The van der Waals surface area contributed by atoms with Crippen LogP contribution in [0.25, 0.3) is 0 Å². The van der Waals surface area contributed by atoms with Crippen LogP contribution in [-0.2, 0) is 0 Å². The number of hydrogen-bond donors (Lipinski definition) is 1. The van der Waals surface area contributed by atoms with Gasteiger partial charge in [-0.15, -0.1) is 0 Å². The molecule has 13 heavy (non-hydrogen) atoms. The highest BCUT2D eigenvalue weighted by atomic mass is 35.5. The third kappa shape index (κ3) is 4.94. The molecule has 0 aromatic rings. The first-order valence-corrected chi connectivity index (χ1v) is 6.42. The predicted octanol–water partition coefficient (Wildman–Crippen LogP) is 3.25. The standard InChI is InChI=1S/C10H20ClNS/c1-4-10(5-2,13-3)9-12-8-6-7-11/h6-7,12H,4-5,8-9H2,1-3H3/b7-6+. The van der Waals surface area contributed by atoms with E-state index >= 15 is 0 Å². The summed E-state index contributed by atoms with van der Waals surface area (Å²) >= 11 is 7.38. The normalized spacial score (nSPS) is 12.6. The molecule has 0 aromatic heterocycles. The van der Waals surface area contributed by atoms with Gasteiger partial charge in [-0.25, -0.2) is 0 Å². The van der Waals surface area contributed by atoms with Gasteiger partial charge >= 0.3 is 0 Å². The van der Waals surface area contributed by atoms with Gasteiger partial charge in [-0.3, -0.25) is 0 Å². The summed E-state index contributed by atoms with van der Waals surface area (Å²) in [7, 11) is 0. The average molecular weight is 222 g/mol. The lowest BCUT2D eigenvalue weighted by molar-refractivity contribution is 0.509. The predicted molar refractivity (Wildman–Crippen MR) is 64.7 cm³/mol. The van der Waals surface area contributed by atoms with Gasteiger partial charge in [0.05, 0.1) is 0 Å². The molecule has 3 heteroatoms. The van der Waals surface area contributed by atoms with E-state index in [1.807, 2.05) is 17.8 Å². The SMILES string of the molecule is CCC(CC)(CNC/C=C/Cl)SC. The summed E-state index contributed by atoms with van der Waals surface area (Å²) < 4.78 is 0.403. The average Bonchev–Trinajstić information content (AvgIpc) is 2.20. The van der Waals surface area contributed by atoms with Crippen molar-refractivity contribution in [1.29, 1.82) is 0 Å². The van der Waals surface area contributed by atoms with E-state index in [2.05, 4.69) is 25.4 Å². The summed E-state index contributed by atoms with van der Waals surface area (Å²) in [6.45, 7) is 6.42. The summed E-state index contributed by atoms with van der Waals surface area (Å²) in [5.74, 6) is 0. The number of rotatable bonds is 7. The van der Waals surface area contributed by atoms with E-state index in [4.69, 9.17) is 11.6 Å². The fourth-order valence-corrected chi connectivity index (χ4v) is 2.20. The fourth-order valence-electron chi connectivity index (χ4n) is 1.29. The summed E-state index contributed by atoms with van der Waals surface area (Å²) in [5, 5.41) is 3.39. The third-order valence-electron chi connectivity index (χ3n) is 2.52. The molecule has 0 rings (SSSR count). The van der Waals surface area contributed by atoms with E-state index in [0.29, 0.717) is 4.75 Å². The summed E-state index contributed by atoms with van der Waals surface area (Å²) in [6.07, 6.45) is 6.54. The number of nitrogens with one attached hydrogen (secondary N) is 1. The second-order valence-electron chi connectivity index (χ2n) is 3.09. The Balaban J connectivity index is 3.81. The molecule has 0 aliphatic carbocycles. The van der Waals surface area contributed by atoms with Crippen molar-refractivity contribution >= 4 is 23.4 Å². The largest absolute Gasteiger partial charge is 0.312 e. The Hall–Kier alpha value is 0.340. The molecule has 0 saturated heterocycles. The molecular weight excluding hydrogens is 202 g/mol. The molecule has 1 N–H and O–H groups in total. The first kappa shape index (κ1) is 13.3. The smallest absolute Gasteiger partial charge is 0.0276 e. The van der Waals surface area contributed by atoms with Crippen molar-refractivity contribution in [3.05, 3.63) is 11.6 Å². The fraction of sp³-hybridized carbons (Fsp3) is 0.800. The van der Waals surface area contributed by atoms with Crippen molar-refractivity contribution in [2.75, 3.05) is 19.3 Å². The van der Waals surface area contributed by atoms with Gasteiger partial charge in [-0.05, 0) is 19.1 Å². The Bertz CT molecular complexity index is 136. The van der Waals surface area contributed by atoms with Gasteiger partial charge < -0.3 is 5.32 Å². The van der Waals surface area contributed by atoms with Crippen molar-refractivity contribution in [3.63, 3.8) is 0 Å². The van der Waals surface area contributed by atoms with Crippen LogP contribution in [0.4, 0.5) is 0 Å². The summed E-state index contributed by atoms with van der Waals surface area (Å²) in [5.41, 5.74) is 1.56. The molecule has 0 radical (unpaired) electrons. The number of thioether (sulfide) groups is 1. The zero-order valence-electron chi connectivity index (χ0n) is 8.77. The molecule has 0 fully saturated rings. The van der Waals surface area contributed by atoms with E-state index < -0.39 is 0 Å². The van der Waals surface area contributed by atoms with E-state index in [0.717, 1.165) is 13.1 Å². The maximum absolute atomic E-state index is 5.43. The van der Waals surface area contributed by atoms with Crippen LogP contribution in [0.15, 0.2) is 11.6 Å². The lowest BCUT2D eigenvalue weighted by atomic mass is 10.0. The molecule has 0 atom stereocenters. The van der Waals surface area contributed by atoms with Gasteiger partial charge in [0.25, 0.3) is 0 Å². The summed E-state index contributed by atoms with van der Waals surface area (Å²) in [6, 6.07) is 0. The minimum Gasteiger partial charge on any atom is -0.312 e. The van der Waals surface area contributed by atoms with E-state index in [9.17, 15) is 0 Å². The van der Waals surface area contributed by atoms with Crippen LogP contribution in [0.1, 0.15) is 26.7 Å². The highest BCUT2D eigenvalue weighted by Crippen LogP contribution is 2.29. The summed E-state index contributed by atoms with van der Waals surface area (Å²) in [4.78, 5) is 0. The van der Waals surface area contributed by atoms with Gasteiger partial charge in [0.15, 0.2) is 0 Å². The van der Waals surface area contributed by atoms with Gasteiger partial charge in [0.1, 0.15) is 0 Å². The first-order valence-electron chi connectivity index (χ1n) is 4.75. The molecule has 0 aromatic carbocycles.